The molecular weight excluding hydrogens is 244 g/mol. The van der Waals surface area contributed by atoms with Gasteiger partial charge >= 0.3 is 5.97 Å². The number of ether oxygens (including phenoxy) is 1. The number of terminal acetylenes is 1. The molecular formula is C11H17BrO2. The molecule has 3 heteroatoms. The molecule has 0 aliphatic heterocycles. The van der Waals surface area contributed by atoms with Crippen molar-refractivity contribution in [2.24, 2.45) is 5.92 Å². The van der Waals surface area contributed by atoms with E-state index in [1.165, 1.54) is 0 Å². The third kappa shape index (κ3) is 6.97. The van der Waals surface area contributed by atoms with Crippen molar-refractivity contribution in [3.8, 4) is 12.3 Å². The Labute approximate surface area is 94.5 Å². The standard InChI is InChI=1S/C11H17BrO2/c1-3-5-10(9-12)6-7-11(13)14-8-4-2/h1,10H,4-9H2,2H3. The number of alkyl halides is 1. The minimum atomic E-state index is -0.116. The summed E-state index contributed by atoms with van der Waals surface area (Å²) >= 11 is 3.37. The largest absolute Gasteiger partial charge is 0.466 e. The molecule has 0 rings (SSSR count). The second kappa shape index (κ2) is 9.08. The van der Waals surface area contributed by atoms with Gasteiger partial charge in [0, 0.05) is 18.2 Å². The first-order valence-corrected chi connectivity index (χ1v) is 6.01. The molecule has 0 saturated heterocycles. The Morgan fingerprint density at radius 3 is 2.86 bits per heavy atom. The Hall–Kier alpha value is -0.490. The van der Waals surface area contributed by atoms with Crippen molar-refractivity contribution < 1.29 is 9.53 Å². The van der Waals surface area contributed by atoms with Crippen LogP contribution in [0.2, 0.25) is 0 Å². The minimum absolute atomic E-state index is 0.116. The number of halogens is 1. The fraction of sp³-hybridized carbons (Fsp3) is 0.727. The van der Waals surface area contributed by atoms with Gasteiger partial charge in [0.05, 0.1) is 6.61 Å². The number of carbonyl (C=O) groups excluding carboxylic acids is 1. The first-order valence-electron chi connectivity index (χ1n) is 4.89. The smallest absolute Gasteiger partial charge is 0.305 e. The molecule has 0 aromatic rings. The zero-order valence-corrected chi connectivity index (χ0v) is 10.2. The molecule has 0 aromatic carbocycles. The van der Waals surface area contributed by atoms with Crippen LogP contribution in [0.3, 0.4) is 0 Å². The average Bonchev–Trinajstić information content (AvgIpc) is 2.21. The highest BCUT2D eigenvalue weighted by Gasteiger charge is 2.09. The van der Waals surface area contributed by atoms with Crippen LogP contribution in [0, 0.1) is 18.3 Å². The Morgan fingerprint density at radius 2 is 2.36 bits per heavy atom. The van der Waals surface area contributed by atoms with Gasteiger partial charge in [0.25, 0.3) is 0 Å². The summed E-state index contributed by atoms with van der Waals surface area (Å²) in [6, 6.07) is 0. The molecule has 80 valence electrons. The molecule has 0 fully saturated rings. The fourth-order valence-electron chi connectivity index (χ4n) is 1.01. The van der Waals surface area contributed by atoms with Crippen molar-refractivity contribution >= 4 is 21.9 Å². The lowest BCUT2D eigenvalue weighted by Crippen LogP contribution is -2.09. The maximum absolute atomic E-state index is 11.1. The topological polar surface area (TPSA) is 26.3 Å². The number of carbonyl (C=O) groups is 1. The molecule has 0 amide bonds. The van der Waals surface area contributed by atoms with E-state index in [9.17, 15) is 4.79 Å². The lowest BCUT2D eigenvalue weighted by Gasteiger charge is -2.09. The monoisotopic (exact) mass is 260 g/mol. The van der Waals surface area contributed by atoms with Gasteiger partial charge in [-0.25, -0.2) is 0 Å². The third-order valence-corrected chi connectivity index (χ3v) is 2.76. The van der Waals surface area contributed by atoms with Gasteiger partial charge in [-0.1, -0.05) is 22.9 Å². The van der Waals surface area contributed by atoms with Crippen molar-refractivity contribution in [1.29, 1.82) is 0 Å². The van der Waals surface area contributed by atoms with Gasteiger partial charge in [0.2, 0.25) is 0 Å². The van der Waals surface area contributed by atoms with Gasteiger partial charge < -0.3 is 4.74 Å². The molecule has 1 atom stereocenters. The summed E-state index contributed by atoms with van der Waals surface area (Å²) in [5.74, 6) is 2.87. The molecule has 0 bridgehead atoms. The highest BCUT2D eigenvalue weighted by atomic mass is 79.9. The van der Waals surface area contributed by atoms with Crippen LogP contribution in [0.25, 0.3) is 0 Å². The predicted molar refractivity (Wildman–Crippen MR) is 61.2 cm³/mol. The highest BCUT2D eigenvalue weighted by Crippen LogP contribution is 2.13. The Morgan fingerprint density at radius 1 is 1.64 bits per heavy atom. The van der Waals surface area contributed by atoms with Crippen molar-refractivity contribution in [2.45, 2.75) is 32.6 Å². The van der Waals surface area contributed by atoms with E-state index in [4.69, 9.17) is 11.2 Å². The molecule has 0 spiro atoms. The first-order chi connectivity index (χ1) is 6.74. The fourth-order valence-corrected chi connectivity index (χ4v) is 1.56. The third-order valence-electron chi connectivity index (χ3n) is 1.85. The van der Waals surface area contributed by atoms with Crippen LogP contribution in [0.5, 0.6) is 0 Å². The zero-order valence-electron chi connectivity index (χ0n) is 8.59. The van der Waals surface area contributed by atoms with E-state index in [1.807, 2.05) is 6.92 Å². The summed E-state index contributed by atoms with van der Waals surface area (Å²) in [6.45, 7) is 2.50. The minimum Gasteiger partial charge on any atom is -0.466 e. The lowest BCUT2D eigenvalue weighted by molar-refractivity contribution is -0.143. The van der Waals surface area contributed by atoms with Crippen molar-refractivity contribution in [3.63, 3.8) is 0 Å². The SMILES string of the molecule is C#CCC(CBr)CCC(=O)OCCC. The summed E-state index contributed by atoms with van der Waals surface area (Å²) < 4.78 is 4.96. The van der Waals surface area contributed by atoms with E-state index >= 15 is 0 Å². The summed E-state index contributed by atoms with van der Waals surface area (Å²) in [5, 5.41) is 0.845. The van der Waals surface area contributed by atoms with E-state index in [0.717, 1.165) is 18.2 Å². The van der Waals surface area contributed by atoms with Gasteiger partial charge in [0.1, 0.15) is 0 Å². The van der Waals surface area contributed by atoms with Crippen LogP contribution in [-0.4, -0.2) is 17.9 Å². The van der Waals surface area contributed by atoms with E-state index in [1.54, 1.807) is 0 Å². The van der Waals surface area contributed by atoms with Gasteiger partial charge in [-0.15, -0.1) is 12.3 Å². The van der Waals surface area contributed by atoms with Gasteiger partial charge in [-0.2, -0.15) is 0 Å². The van der Waals surface area contributed by atoms with Crippen LogP contribution in [-0.2, 0) is 9.53 Å². The van der Waals surface area contributed by atoms with E-state index in [-0.39, 0.29) is 5.97 Å². The second-order valence-electron chi connectivity index (χ2n) is 3.19. The Bertz CT molecular complexity index is 196. The van der Waals surface area contributed by atoms with Crippen LogP contribution in [0.1, 0.15) is 32.6 Å². The predicted octanol–water partition coefficient (Wildman–Crippen LogP) is 2.75. The molecule has 2 nitrogen and oxygen atoms in total. The molecule has 0 saturated carbocycles. The molecule has 0 N–H and O–H groups in total. The highest BCUT2D eigenvalue weighted by molar-refractivity contribution is 9.09. The van der Waals surface area contributed by atoms with Crippen LogP contribution in [0.4, 0.5) is 0 Å². The first kappa shape index (κ1) is 13.5. The van der Waals surface area contributed by atoms with Gasteiger partial charge in [-0.05, 0) is 18.8 Å². The van der Waals surface area contributed by atoms with Crippen LogP contribution in [0.15, 0.2) is 0 Å². The molecule has 0 aromatic heterocycles. The van der Waals surface area contributed by atoms with E-state index in [0.29, 0.717) is 25.4 Å². The van der Waals surface area contributed by atoms with Crippen LogP contribution < -0.4 is 0 Å². The molecule has 0 heterocycles. The Kier molecular flexibility index (Phi) is 8.76. The summed E-state index contributed by atoms with van der Waals surface area (Å²) in [5.41, 5.74) is 0. The maximum atomic E-state index is 11.1. The number of hydrogen-bond acceptors (Lipinski definition) is 2. The van der Waals surface area contributed by atoms with E-state index in [2.05, 4.69) is 21.9 Å². The van der Waals surface area contributed by atoms with Gasteiger partial charge in [-0.3, -0.25) is 4.79 Å². The summed E-state index contributed by atoms with van der Waals surface area (Å²) in [4.78, 5) is 11.1. The molecule has 0 aliphatic carbocycles. The van der Waals surface area contributed by atoms with Crippen molar-refractivity contribution in [3.05, 3.63) is 0 Å². The quantitative estimate of drug-likeness (QED) is 0.400. The Balaban J connectivity index is 3.58. The lowest BCUT2D eigenvalue weighted by atomic mass is 10.0. The molecule has 0 aliphatic rings. The van der Waals surface area contributed by atoms with Gasteiger partial charge in [0.15, 0.2) is 0 Å². The van der Waals surface area contributed by atoms with Crippen molar-refractivity contribution in [2.75, 3.05) is 11.9 Å². The molecule has 14 heavy (non-hydrogen) atoms. The van der Waals surface area contributed by atoms with Crippen LogP contribution >= 0.6 is 15.9 Å². The second-order valence-corrected chi connectivity index (χ2v) is 3.84. The van der Waals surface area contributed by atoms with E-state index < -0.39 is 0 Å². The van der Waals surface area contributed by atoms with Crippen molar-refractivity contribution in [1.82, 2.24) is 0 Å². The zero-order chi connectivity index (χ0) is 10.8. The maximum Gasteiger partial charge on any atom is 0.305 e. The number of hydrogen-bond donors (Lipinski definition) is 0. The molecule has 0 radical (unpaired) electrons. The summed E-state index contributed by atoms with van der Waals surface area (Å²) in [6.07, 6.45) is 8.07. The normalized spacial score (nSPS) is 11.8. The molecule has 1 unspecified atom stereocenters. The number of esters is 1. The number of rotatable bonds is 7. The summed E-state index contributed by atoms with van der Waals surface area (Å²) in [7, 11) is 0. The average molecular weight is 261 g/mol.